The number of amides is 1. The molecule has 0 spiro atoms. The van der Waals surface area contributed by atoms with E-state index in [9.17, 15) is 14.7 Å². The molecule has 120 valence electrons. The van der Waals surface area contributed by atoms with Gasteiger partial charge < -0.3 is 14.7 Å². The van der Waals surface area contributed by atoms with Crippen molar-refractivity contribution in [3.63, 3.8) is 0 Å². The molecular formula is C17H23NO4. The van der Waals surface area contributed by atoms with Crippen molar-refractivity contribution in [1.82, 2.24) is 4.90 Å². The lowest BCUT2D eigenvalue weighted by atomic mass is 9.79. The molecule has 1 aromatic rings. The van der Waals surface area contributed by atoms with E-state index in [1.807, 2.05) is 44.2 Å². The van der Waals surface area contributed by atoms with Crippen LogP contribution in [0, 0.1) is 11.3 Å². The quantitative estimate of drug-likeness (QED) is 0.926. The molecule has 1 aromatic carbocycles. The fourth-order valence-corrected chi connectivity index (χ4v) is 3.04. The van der Waals surface area contributed by atoms with Gasteiger partial charge in [0.2, 0.25) is 0 Å². The minimum absolute atomic E-state index is 0.0513. The molecule has 1 saturated heterocycles. The Hall–Kier alpha value is -2.04. The Bertz CT molecular complexity index is 545. The summed E-state index contributed by atoms with van der Waals surface area (Å²) in [4.78, 5) is 25.4. The molecule has 0 radical (unpaired) electrons. The molecule has 1 aliphatic rings. The molecule has 0 bridgehead atoms. The zero-order valence-electron chi connectivity index (χ0n) is 13.3. The van der Waals surface area contributed by atoms with E-state index in [2.05, 4.69) is 0 Å². The molecule has 5 nitrogen and oxygen atoms in total. The molecule has 3 atom stereocenters. The van der Waals surface area contributed by atoms with Gasteiger partial charge in [-0.2, -0.15) is 0 Å². The lowest BCUT2D eigenvalue weighted by molar-refractivity contribution is -0.149. The van der Waals surface area contributed by atoms with Crippen molar-refractivity contribution in [3.8, 4) is 0 Å². The van der Waals surface area contributed by atoms with Gasteiger partial charge in [0.05, 0.1) is 5.41 Å². The zero-order chi connectivity index (χ0) is 16.3. The van der Waals surface area contributed by atoms with Gasteiger partial charge in [-0.25, -0.2) is 4.79 Å². The first kappa shape index (κ1) is 16.3. The molecular weight excluding hydrogens is 282 g/mol. The first-order chi connectivity index (χ1) is 10.4. The van der Waals surface area contributed by atoms with Gasteiger partial charge in [-0.15, -0.1) is 0 Å². The van der Waals surface area contributed by atoms with Crippen LogP contribution in [-0.4, -0.2) is 35.2 Å². The fraction of sp³-hybridized carbons (Fsp3) is 0.529. The topological polar surface area (TPSA) is 66.8 Å². The maximum Gasteiger partial charge on any atom is 0.410 e. The van der Waals surface area contributed by atoms with Gasteiger partial charge in [-0.3, -0.25) is 4.79 Å². The van der Waals surface area contributed by atoms with Gasteiger partial charge in [-0.05, 0) is 25.3 Å². The third kappa shape index (κ3) is 3.08. The van der Waals surface area contributed by atoms with Crippen LogP contribution >= 0.6 is 0 Å². The van der Waals surface area contributed by atoms with Crippen LogP contribution in [0.1, 0.15) is 38.9 Å². The van der Waals surface area contributed by atoms with Crippen LogP contribution < -0.4 is 0 Å². The summed E-state index contributed by atoms with van der Waals surface area (Å²) in [6, 6.07) is 9.49. The Morgan fingerprint density at radius 3 is 2.55 bits per heavy atom. The van der Waals surface area contributed by atoms with Crippen molar-refractivity contribution in [2.45, 2.75) is 33.3 Å². The van der Waals surface area contributed by atoms with Gasteiger partial charge in [0.25, 0.3) is 0 Å². The molecule has 1 N–H and O–H groups in total. The standard InChI is InChI=1S/C17H23NO4/c1-4-14-10-18(11-17(14,3)15(19)20)16(21)22-12(2)13-8-6-5-7-9-13/h5-9,12,14H,4,10-11H2,1-3H3,(H,19,20)/t12?,14-,17-/m0/s1. The van der Waals surface area contributed by atoms with Crippen LogP contribution in [0.25, 0.3) is 0 Å². The number of carboxylic acid groups (broad SMARTS) is 1. The normalized spacial score (nSPS) is 25.8. The molecule has 0 aromatic heterocycles. The van der Waals surface area contributed by atoms with Crippen molar-refractivity contribution in [1.29, 1.82) is 0 Å². The molecule has 22 heavy (non-hydrogen) atoms. The van der Waals surface area contributed by atoms with E-state index >= 15 is 0 Å². The predicted molar refractivity (Wildman–Crippen MR) is 82.4 cm³/mol. The van der Waals surface area contributed by atoms with Crippen LogP contribution in [0.4, 0.5) is 4.79 Å². The van der Waals surface area contributed by atoms with Gasteiger partial charge in [0.15, 0.2) is 0 Å². The number of carboxylic acids is 1. The van der Waals surface area contributed by atoms with Gasteiger partial charge >= 0.3 is 12.1 Å². The number of aliphatic carboxylic acids is 1. The average Bonchev–Trinajstić information content (AvgIpc) is 2.86. The summed E-state index contributed by atoms with van der Waals surface area (Å²) in [5.41, 5.74) is 0.0205. The molecule has 2 rings (SSSR count). The van der Waals surface area contributed by atoms with Crippen LogP contribution in [0.15, 0.2) is 30.3 Å². The fourth-order valence-electron chi connectivity index (χ4n) is 3.04. The number of ether oxygens (including phenoxy) is 1. The maximum atomic E-state index is 12.3. The summed E-state index contributed by atoms with van der Waals surface area (Å²) in [7, 11) is 0. The molecule has 0 saturated carbocycles. The highest BCUT2D eigenvalue weighted by molar-refractivity contribution is 5.78. The molecule has 1 unspecified atom stereocenters. The summed E-state index contributed by atoms with van der Waals surface area (Å²) in [6.07, 6.45) is -0.0777. The third-order valence-electron chi connectivity index (χ3n) is 4.65. The SMILES string of the molecule is CC[C@H]1CN(C(=O)OC(C)c2ccccc2)C[C@]1(C)C(=O)O. The monoisotopic (exact) mass is 305 g/mol. The second-order valence-electron chi connectivity index (χ2n) is 6.14. The zero-order valence-corrected chi connectivity index (χ0v) is 13.3. The first-order valence-corrected chi connectivity index (χ1v) is 7.62. The minimum Gasteiger partial charge on any atom is -0.481 e. The van der Waals surface area contributed by atoms with Crippen LogP contribution in [0.5, 0.6) is 0 Å². The summed E-state index contributed by atoms with van der Waals surface area (Å²) in [5, 5.41) is 9.45. The maximum absolute atomic E-state index is 12.3. The van der Waals surface area contributed by atoms with Gasteiger partial charge in [0.1, 0.15) is 6.10 Å². The number of benzene rings is 1. The number of carbonyl (C=O) groups is 2. The largest absolute Gasteiger partial charge is 0.481 e. The van der Waals surface area contributed by atoms with Crippen molar-refractivity contribution in [2.24, 2.45) is 11.3 Å². The van der Waals surface area contributed by atoms with E-state index < -0.39 is 17.5 Å². The van der Waals surface area contributed by atoms with Crippen LogP contribution in [0.3, 0.4) is 0 Å². The van der Waals surface area contributed by atoms with Crippen molar-refractivity contribution in [2.75, 3.05) is 13.1 Å². The molecule has 1 fully saturated rings. The summed E-state index contributed by atoms with van der Waals surface area (Å²) < 4.78 is 5.48. The summed E-state index contributed by atoms with van der Waals surface area (Å²) in [6.45, 7) is 6.10. The molecule has 0 aliphatic carbocycles. The number of rotatable bonds is 4. The highest BCUT2D eigenvalue weighted by Crippen LogP contribution is 2.38. The summed E-state index contributed by atoms with van der Waals surface area (Å²) in [5.74, 6) is -0.907. The minimum atomic E-state index is -0.899. The Labute approximate surface area is 130 Å². The average molecular weight is 305 g/mol. The van der Waals surface area contributed by atoms with E-state index in [1.54, 1.807) is 6.92 Å². The number of likely N-dealkylation sites (tertiary alicyclic amines) is 1. The van der Waals surface area contributed by atoms with E-state index in [1.165, 1.54) is 4.90 Å². The highest BCUT2D eigenvalue weighted by atomic mass is 16.6. The third-order valence-corrected chi connectivity index (χ3v) is 4.65. The predicted octanol–water partition coefficient (Wildman–Crippen LogP) is 3.32. The first-order valence-electron chi connectivity index (χ1n) is 7.62. The Morgan fingerprint density at radius 1 is 1.41 bits per heavy atom. The lowest BCUT2D eigenvalue weighted by Crippen LogP contribution is -2.37. The van der Waals surface area contributed by atoms with Crippen molar-refractivity contribution < 1.29 is 19.4 Å². The van der Waals surface area contributed by atoms with E-state index in [0.29, 0.717) is 6.54 Å². The van der Waals surface area contributed by atoms with E-state index in [-0.39, 0.29) is 18.6 Å². The lowest BCUT2D eigenvalue weighted by Gasteiger charge is -2.24. The Kier molecular flexibility index (Phi) is 4.74. The second-order valence-corrected chi connectivity index (χ2v) is 6.14. The Balaban J connectivity index is 2.04. The molecule has 1 aliphatic heterocycles. The smallest absolute Gasteiger partial charge is 0.410 e. The highest BCUT2D eigenvalue weighted by Gasteiger charge is 2.49. The van der Waals surface area contributed by atoms with Crippen LogP contribution in [0.2, 0.25) is 0 Å². The second kappa shape index (κ2) is 6.38. The molecule has 1 amide bonds. The van der Waals surface area contributed by atoms with Crippen molar-refractivity contribution in [3.05, 3.63) is 35.9 Å². The van der Waals surface area contributed by atoms with Gasteiger partial charge in [-0.1, -0.05) is 43.7 Å². The van der Waals surface area contributed by atoms with E-state index in [0.717, 1.165) is 12.0 Å². The Morgan fingerprint density at radius 2 is 2.05 bits per heavy atom. The summed E-state index contributed by atoms with van der Waals surface area (Å²) >= 11 is 0. The number of carbonyl (C=O) groups excluding carboxylic acids is 1. The molecule has 5 heteroatoms. The van der Waals surface area contributed by atoms with Gasteiger partial charge in [0, 0.05) is 13.1 Å². The van der Waals surface area contributed by atoms with E-state index in [4.69, 9.17) is 4.74 Å². The molecule has 1 heterocycles. The van der Waals surface area contributed by atoms with Crippen molar-refractivity contribution >= 4 is 12.1 Å². The number of nitrogens with zero attached hydrogens (tertiary/aromatic N) is 1. The number of hydrogen-bond acceptors (Lipinski definition) is 3. The van der Waals surface area contributed by atoms with Crippen LogP contribution in [-0.2, 0) is 9.53 Å². The number of hydrogen-bond donors (Lipinski definition) is 1.